The van der Waals surface area contributed by atoms with E-state index in [0.29, 0.717) is 10.9 Å². The van der Waals surface area contributed by atoms with Gasteiger partial charge in [-0.1, -0.05) is 40.3 Å². The highest BCUT2D eigenvalue weighted by atomic mass is 19.1. The lowest BCUT2D eigenvalue weighted by Crippen LogP contribution is -1.90. The molecular weight excluding hydrogens is 271 g/mol. The first-order valence-electron chi connectivity index (χ1n) is 6.97. The lowest BCUT2D eigenvalue weighted by molar-refractivity contribution is 0.369. The molecule has 0 aliphatic heterocycles. The Balaban J connectivity index is 0.000000921. The van der Waals surface area contributed by atoms with Gasteiger partial charge in [-0.3, -0.25) is 0 Å². The van der Waals surface area contributed by atoms with E-state index in [4.69, 9.17) is 0 Å². The van der Waals surface area contributed by atoms with Gasteiger partial charge in [0.15, 0.2) is 11.5 Å². The fourth-order valence-corrected chi connectivity index (χ4v) is 1.93. The van der Waals surface area contributed by atoms with Crippen molar-refractivity contribution in [2.45, 2.75) is 34.6 Å². The van der Waals surface area contributed by atoms with E-state index in [1.54, 1.807) is 0 Å². The third-order valence-electron chi connectivity index (χ3n) is 2.83. The van der Waals surface area contributed by atoms with Crippen LogP contribution in [0.5, 0.6) is 17.2 Å². The molecule has 0 heterocycles. The van der Waals surface area contributed by atoms with E-state index in [1.165, 1.54) is 25.1 Å². The molecule has 0 atom stereocenters. The second-order valence-corrected chi connectivity index (χ2v) is 3.76. The molecule has 0 bridgehead atoms. The Bertz CT molecular complexity index is 634. The molecule has 3 nitrogen and oxygen atoms in total. The Hall–Kier alpha value is -2.23. The molecule has 0 aliphatic carbocycles. The highest BCUT2D eigenvalue weighted by Crippen LogP contribution is 2.45. The normalized spacial score (nSPS) is 9.24. The van der Waals surface area contributed by atoms with Crippen LogP contribution in [0.15, 0.2) is 18.7 Å². The fourth-order valence-electron chi connectivity index (χ4n) is 1.93. The molecule has 4 heteroatoms. The van der Waals surface area contributed by atoms with E-state index in [9.17, 15) is 19.7 Å². The number of phenols is 3. The zero-order valence-electron chi connectivity index (χ0n) is 13.2. The molecule has 0 amide bonds. The first kappa shape index (κ1) is 18.8. The molecular formula is C17H23FO3. The Morgan fingerprint density at radius 1 is 0.952 bits per heavy atom. The lowest BCUT2D eigenvalue weighted by atomic mass is 9.97. The van der Waals surface area contributed by atoms with E-state index < -0.39 is 23.1 Å². The number of phenolic OH excluding ortho intramolecular Hbond substituents is 3. The highest BCUT2D eigenvalue weighted by Gasteiger charge is 2.18. The van der Waals surface area contributed by atoms with Crippen molar-refractivity contribution in [3.8, 4) is 17.2 Å². The molecule has 0 aliphatic rings. The zero-order chi connectivity index (χ0) is 16.7. The van der Waals surface area contributed by atoms with Gasteiger partial charge in [0.2, 0.25) is 5.75 Å². The van der Waals surface area contributed by atoms with E-state index in [1.807, 2.05) is 27.7 Å². The third kappa shape index (κ3) is 3.27. The summed E-state index contributed by atoms with van der Waals surface area (Å²) in [4.78, 5) is 0. The smallest absolute Gasteiger partial charge is 0.201 e. The molecule has 2 aromatic rings. The van der Waals surface area contributed by atoms with Gasteiger partial charge in [-0.2, -0.15) is 0 Å². The molecule has 0 fully saturated rings. The number of halogens is 1. The standard InChI is InChI=1S/C13H11FO3.2C2H6/c1-3-7-9(14)5-4-8-10(7)6(2)11(15)13(17)12(8)16;2*1-2/h3-5,15-17H,1H2,2H3;2*1-2H3. The van der Waals surface area contributed by atoms with Crippen LogP contribution >= 0.6 is 0 Å². The molecule has 116 valence electrons. The van der Waals surface area contributed by atoms with Crippen LogP contribution in [0.2, 0.25) is 0 Å². The van der Waals surface area contributed by atoms with Crippen molar-refractivity contribution in [2.24, 2.45) is 0 Å². The van der Waals surface area contributed by atoms with Crippen LogP contribution in [0.25, 0.3) is 16.8 Å². The summed E-state index contributed by atoms with van der Waals surface area (Å²) in [6, 6.07) is 2.52. The number of fused-ring (bicyclic) bond motifs is 1. The fraction of sp³-hybridized carbons (Fsp3) is 0.294. The first-order valence-corrected chi connectivity index (χ1v) is 6.97. The quantitative estimate of drug-likeness (QED) is 0.641. The number of aryl methyl sites for hydroxylation is 1. The average molecular weight is 294 g/mol. The maximum atomic E-state index is 13.6. The highest BCUT2D eigenvalue weighted by molar-refractivity contribution is 6.00. The minimum Gasteiger partial charge on any atom is -0.504 e. The number of aromatic hydroxyl groups is 3. The summed E-state index contributed by atoms with van der Waals surface area (Å²) in [5, 5.41) is 29.4. The van der Waals surface area contributed by atoms with Crippen LogP contribution in [0.4, 0.5) is 4.39 Å². The van der Waals surface area contributed by atoms with E-state index >= 15 is 0 Å². The van der Waals surface area contributed by atoms with Crippen LogP contribution in [-0.2, 0) is 0 Å². The number of hydrogen-bond donors (Lipinski definition) is 3. The van der Waals surface area contributed by atoms with E-state index in [0.717, 1.165) is 0 Å². The predicted octanol–water partition coefficient (Wildman–Crippen LogP) is 5.10. The number of rotatable bonds is 1. The zero-order valence-corrected chi connectivity index (χ0v) is 13.2. The lowest BCUT2D eigenvalue weighted by Gasteiger charge is -2.12. The monoisotopic (exact) mass is 294 g/mol. The Morgan fingerprint density at radius 3 is 1.95 bits per heavy atom. The predicted molar refractivity (Wildman–Crippen MR) is 86.4 cm³/mol. The Morgan fingerprint density at radius 2 is 1.48 bits per heavy atom. The molecule has 2 rings (SSSR count). The molecule has 0 unspecified atom stereocenters. The summed E-state index contributed by atoms with van der Waals surface area (Å²) in [7, 11) is 0. The van der Waals surface area contributed by atoms with E-state index in [-0.39, 0.29) is 10.9 Å². The summed E-state index contributed by atoms with van der Waals surface area (Å²) in [5.41, 5.74) is 0.482. The van der Waals surface area contributed by atoms with Crippen LogP contribution in [0.3, 0.4) is 0 Å². The minimum absolute atomic E-state index is 0.186. The van der Waals surface area contributed by atoms with Gasteiger partial charge in [-0.25, -0.2) is 4.39 Å². The van der Waals surface area contributed by atoms with Crippen LogP contribution in [0, 0.1) is 12.7 Å². The topological polar surface area (TPSA) is 60.7 Å². The van der Waals surface area contributed by atoms with E-state index in [2.05, 4.69) is 6.58 Å². The minimum atomic E-state index is -0.600. The van der Waals surface area contributed by atoms with Gasteiger partial charge in [-0.05, 0) is 19.1 Å². The number of hydrogen-bond acceptors (Lipinski definition) is 3. The van der Waals surface area contributed by atoms with Crippen LogP contribution in [0.1, 0.15) is 38.8 Å². The van der Waals surface area contributed by atoms with Gasteiger partial charge in [0, 0.05) is 21.9 Å². The van der Waals surface area contributed by atoms with Gasteiger partial charge in [-0.15, -0.1) is 0 Å². The van der Waals surface area contributed by atoms with Gasteiger partial charge < -0.3 is 15.3 Å². The maximum Gasteiger partial charge on any atom is 0.201 e. The van der Waals surface area contributed by atoms with Crippen molar-refractivity contribution in [2.75, 3.05) is 0 Å². The second kappa shape index (κ2) is 8.15. The molecule has 0 radical (unpaired) electrons. The van der Waals surface area contributed by atoms with Crippen molar-refractivity contribution in [3.63, 3.8) is 0 Å². The summed E-state index contributed by atoms with van der Waals surface area (Å²) < 4.78 is 13.6. The summed E-state index contributed by atoms with van der Waals surface area (Å²) in [5.74, 6) is -2.02. The van der Waals surface area contributed by atoms with Crippen molar-refractivity contribution >= 4 is 16.8 Å². The van der Waals surface area contributed by atoms with Crippen molar-refractivity contribution in [1.29, 1.82) is 0 Å². The largest absolute Gasteiger partial charge is 0.504 e. The molecule has 0 spiro atoms. The van der Waals surface area contributed by atoms with Gasteiger partial charge in [0.25, 0.3) is 0 Å². The molecule has 0 aromatic heterocycles. The van der Waals surface area contributed by atoms with Crippen LogP contribution < -0.4 is 0 Å². The van der Waals surface area contributed by atoms with Gasteiger partial charge in [0.1, 0.15) is 5.82 Å². The Kier molecular flexibility index (Phi) is 7.28. The molecule has 0 saturated carbocycles. The van der Waals surface area contributed by atoms with Crippen molar-refractivity contribution in [1.82, 2.24) is 0 Å². The Labute approximate surface area is 125 Å². The average Bonchev–Trinajstić information content (AvgIpc) is 2.54. The number of benzene rings is 2. The summed E-state index contributed by atoms with van der Waals surface area (Å²) in [6.45, 7) is 13.0. The molecule has 2 aromatic carbocycles. The summed E-state index contributed by atoms with van der Waals surface area (Å²) >= 11 is 0. The molecule has 21 heavy (non-hydrogen) atoms. The summed E-state index contributed by atoms with van der Waals surface area (Å²) in [6.07, 6.45) is 1.31. The van der Waals surface area contributed by atoms with Crippen molar-refractivity contribution in [3.05, 3.63) is 35.7 Å². The second-order valence-electron chi connectivity index (χ2n) is 3.76. The third-order valence-corrected chi connectivity index (χ3v) is 2.83. The molecule has 3 N–H and O–H groups in total. The molecule has 0 saturated heterocycles. The van der Waals surface area contributed by atoms with Crippen LogP contribution in [-0.4, -0.2) is 15.3 Å². The van der Waals surface area contributed by atoms with Gasteiger partial charge in [0.05, 0.1) is 0 Å². The van der Waals surface area contributed by atoms with Crippen molar-refractivity contribution < 1.29 is 19.7 Å². The first-order chi connectivity index (χ1) is 9.99. The SMILES string of the molecule is C=Cc1c(F)ccc2c(O)c(O)c(O)c(C)c12.CC.CC. The maximum absolute atomic E-state index is 13.6. The van der Waals surface area contributed by atoms with Gasteiger partial charge >= 0.3 is 0 Å².